The van der Waals surface area contributed by atoms with Crippen LogP contribution in [0.4, 0.5) is 10.1 Å². The summed E-state index contributed by atoms with van der Waals surface area (Å²) < 4.78 is 25.5. The van der Waals surface area contributed by atoms with Crippen molar-refractivity contribution in [2.24, 2.45) is 0 Å². The topological polar surface area (TPSA) is 67.9 Å². The second-order valence-corrected chi connectivity index (χ2v) is 8.35. The van der Waals surface area contributed by atoms with E-state index in [2.05, 4.69) is 27.9 Å². The molecule has 0 radical (unpaired) electrons. The number of methoxy groups -OCH3 is 1. The fourth-order valence-corrected chi connectivity index (χ4v) is 3.90. The largest absolute Gasteiger partial charge is 0.493 e. The molecule has 9 heteroatoms. The van der Waals surface area contributed by atoms with Crippen molar-refractivity contribution >= 4 is 63.5 Å². The highest BCUT2D eigenvalue weighted by Gasteiger charge is 2.34. The molecule has 1 N–H and O–H groups in total. The van der Waals surface area contributed by atoms with Crippen LogP contribution < -0.4 is 19.7 Å². The minimum absolute atomic E-state index is 0.00241. The number of amides is 2. The van der Waals surface area contributed by atoms with E-state index >= 15 is 0 Å². The highest BCUT2D eigenvalue weighted by molar-refractivity contribution is 14.1. The maximum absolute atomic E-state index is 13.3. The fourth-order valence-electron chi connectivity index (χ4n) is 2.87. The fraction of sp³-hybridized carbons (Fsp3) is 0.227. The van der Waals surface area contributed by atoms with Crippen LogP contribution in [-0.4, -0.2) is 30.1 Å². The summed E-state index contributed by atoms with van der Waals surface area (Å²) in [6.07, 6.45) is 2.30. The van der Waals surface area contributed by atoms with Crippen LogP contribution in [0, 0.1) is 9.39 Å². The Balaban J connectivity index is 2.00. The maximum Gasteiger partial charge on any atom is 0.270 e. The summed E-state index contributed by atoms with van der Waals surface area (Å²) in [5.74, 6) is -0.557. The van der Waals surface area contributed by atoms with Gasteiger partial charge in [0, 0.05) is 0 Å². The lowest BCUT2D eigenvalue weighted by atomic mass is 10.1. The summed E-state index contributed by atoms with van der Waals surface area (Å²) in [4.78, 5) is 26.8. The number of thiocarbonyl (C=S) groups is 1. The number of nitrogens with zero attached hydrogens (tertiary/aromatic N) is 1. The Hall–Kier alpha value is -2.53. The van der Waals surface area contributed by atoms with Gasteiger partial charge < -0.3 is 9.47 Å². The molecule has 0 aliphatic carbocycles. The molecule has 2 amide bonds. The molecular formula is C22H20FIN2O4S. The number of benzene rings is 2. The van der Waals surface area contributed by atoms with Gasteiger partial charge in [-0.1, -0.05) is 6.92 Å². The Kier molecular flexibility index (Phi) is 7.26. The van der Waals surface area contributed by atoms with E-state index in [1.807, 2.05) is 13.8 Å². The van der Waals surface area contributed by atoms with Crippen LogP contribution in [0.25, 0.3) is 6.08 Å². The van der Waals surface area contributed by atoms with Crippen LogP contribution in [0.2, 0.25) is 0 Å². The lowest BCUT2D eigenvalue weighted by Gasteiger charge is -2.29. The van der Waals surface area contributed by atoms with E-state index in [0.717, 1.165) is 14.9 Å². The van der Waals surface area contributed by atoms with Crippen molar-refractivity contribution in [1.29, 1.82) is 0 Å². The van der Waals surface area contributed by atoms with E-state index < -0.39 is 17.6 Å². The number of ether oxygens (including phenoxy) is 2. The van der Waals surface area contributed by atoms with E-state index in [1.165, 1.54) is 37.5 Å². The van der Waals surface area contributed by atoms with Gasteiger partial charge in [0.25, 0.3) is 11.8 Å². The smallest absolute Gasteiger partial charge is 0.270 e. The quantitative estimate of drug-likeness (QED) is 0.248. The zero-order valence-corrected chi connectivity index (χ0v) is 20.0. The van der Waals surface area contributed by atoms with Crippen LogP contribution >= 0.6 is 34.8 Å². The van der Waals surface area contributed by atoms with Crippen LogP contribution in [0.3, 0.4) is 0 Å². The SMILES string of the molecule is CC[C@@H](C)Oc1c(I)cc(/C=C2/C(=O)NC(=S)N(c3ccc(F)cc3)C2=O)cc1OC. The van der Waals surface area contributed by atoms with Crippen molar-refractivity contribution in [2.45, 2.75) is 26.4 Å². The Morgan fingerprint density at radius 1 is 1.26 bits per heavy atom. The number of hydrogen-bond acceptors (Lipinski definition) is 5. The molecule has 1 atom stereocenters. The number of rotatable bonds is 6. The van der Waals surface area contributed by atoms with E-state index in [0.29, 0.717) is 22.7 Å². The Morgan fingerprint density at radius 2 is 1.94 bits per heavy atom. The molecule has 2 aromatic carbocycles. The third-order valence-corrected chi connectivity index (χ3v) is 5.73. The van der Waals surface area contributed by atoms with E-state index in [9.17, 15) is 14.0 Å². The summed E-state index contributed by atoms with van der Waals surface area (Å²) in [5, 5.41) is 2.44. The lowest BCUT2D eigenvalue weighted by molar-refractivity contribution is -0.122. The first-order chi connectivity index (χ1) is 14.7. The minimum Gasteiger partial charge on any atom is -0.493 e. The zero-order valence-electron chi connectivity index (χ0n) is 17.1. The van der Waals surface area contributed by atoms with Crippen molar-refractivity contribution in [3.8, 4) is 11.5 Å². The summed E-state index contributed by atoms with van der Waals surface area (Å²) in [6.45, 7) is 3.98. The van der Waals surface area contributed by atoms with Crippen LogP contribution in [0.15, 0.2) is 42.0 Å². The lowest BCUT2D eigenvalue weighted by Crippen LogP contribution is -2.54. The van der Waals surface area contributed by atoms with Crippen LogP contribution in [0.1, 0.15) is 25.8 Å². The van der Waals surface area contributed by atoms with Crippen molar-refractivity contribution in [3.63, 3.8) is 0 Å². The molecule has 1 saturated heterocycles. The molecule has 3 rings (SSSR count). The average molecular weight is 554 g/mol. The third kappa shape index (κ3) is 5.04. The number of carbonyl (C=O) groups is 2. The second-order valence-electron chi connectivity index (χ2n) is 6.81. The van der Waals surface area contributed by atoms with Crippen molar-refractivity contribution < 1.29 is 23.5 Å². The molecular weight excluding hydrogens is 534 g/mol. The monoisotopic (exact) mass is 554 g/mol. The van der Waals surface area contributed by atoms with E-state index in [1.54, 1.807) is 12.1 Å². The molecule has 0 aromatic heterocycles. The maximum atomic E-state index is 13.3. The van der Waals surface area contributed by atoms with Gasteiger partial charge in [-0.05, 0) is 96.2 Å². The highest BCUT2D eigenvalue weighted by Crippen LogP contribution is 2.36. The first kappa shape index (κ1) is 23.1. The van der Waals surface area contributed by atoms with Crippen molar-refractivity contribution in [1.82, 2.24) is 5.32 Å². The van der Waals surface area contributed by atoms with Crippen molar-refractivity contribution in [3.05, 3.63) is 56.9 Å². The van der Waals surface area contributed by atoms with Crippen LogP contribution in [0.5, 0.6) is 11.5 Å². The van der Waals surface area contributed by atoms with Gasteiger partial charge in [0.05, 0.1) is 22.5 Å². The number of anilines is 1. The van der Waals surface area contributed by atoms with Crippen molar-refractivity contribution in [2.75, 3.05) is 12.0 Å². The van der Waals surface area contributed by atoms with Gasteiger partial charge in [-0.15, -0.1) is 0 Å². The molecule has 1 heterocycles. The van der Waals surface area contributed by atoms with Gasteiger partial charge >= 0.3 is 0 Å². The molecule has 0 spiro atoms. The standard InChI is InChI=1S/C22H20FIN2O4S/c1-4-12(2)30-19-17(24)10-13(11-18(19)29-3)9-16-20(27)25-22(31)26(21(16)28)15-7-5-14(23)6-8-15/h5-12H,4H2,1-3H3,(H,25,27,31)/b16-9-/t12-/m1/s1. The summed E-state index contributed by atoms with van der Waals surface area (Å²) in [5.41, 5.74) is 0.835. The summed E-state index contributed by atoms with van der Waals surface area (Å²) >= 11 is 7.28. The number of hydrogen-bond donors (Lipinski definition) is 1. The predicted molar refractivity (Wildman–Crippen MR) is 129 cm³/mol. The van der Waals surface area contributed by atoms with Crippen LogP contribution in [-0.2, 0) is 9.59 Å². The first-order valence-electron chi connectivity index (χ1n) is 9.46. The summed E-state index contributed by atoms with van der Waals surface area (Å²) in [7, 11) is 1.53. The van der Waals surface area contributed by atoms with Gasteiger partial charge in [0.15, 0.2) is 16.6 Å². The zero-order chi connectivity index (χ0) is 22.7. The summed E-state index contributed by atoms with van der Waals surface area (Å²) in [6, 6.07) is 8.76. The predicted octanol–water partition coefficient (Wildman–Crippen LogP) is 4.45. The van der Waals surface area contributed by atoms with Gasteiger partial charge in [-0.3, -0.25) is 19.8 Å². The second kappa shape index (κ2) is 9.73. The van der Waals surface area contributed by atoms with Gasteiger partial charge in [-0.2, -0.15) is 0 Å². The Labute approximate surface area is 198 Å². The highest BCUT2D eigenvalue weighted by atomic mass is 127. The van der Waals surface area contributed by atoms with E-state index in [4.69, 9.17) is 21.7 Å². The van der Waals surface area contributed by atoms with E-state index in [-0.39, 0.29) is 16.8 Å². The Morgan fingerprint density at radius 3 is 2.55 bits per heavy atom. The van der Waals surface area contributed by atoms with Gasteiger partial charge in [0.2, 0.25) is 0 Å². The molecule has 6 nitrogen and oxygen atoms in total. The average Bonchev–Trinajstić information content (AvgIpc) is 2.73. The molecule has 1 fully saturated rings. The molecule has 1 aliphatic heterocycles. The molecule has 162 valence electrons. The Bertz CT molecular complexity index is 1070. The van der Waals surface area contributed by atoms with Gasteiger partial charge in [0.1, 0.15) is 11.4 Å². The molecule has 31 heavy (non-hydrogen) atoms. The molecule has 2 aromatic rings. The number of nitrogens with one attached hydrogen (secondary N) is 1. The number of halogens is 2. The first-order valence-corrected chi connectivity index (χ1v) is 10.9. The third-order valence-electron chi connectivity index (χ3n) is 4.64. The molecule has 1 aliphatic rings. The molecule has 0 saturated carbocycles. The molecule has 0 bridgehead atoms. The normalized spacial score (nSPS) is 16.4. The van der Waals surface area contributed by atoms with Gasteiger partial charge in [-0.25, -0.2) is 4.39 Å². The molecule has 0 unspecified atom stereocenters. The number of carbonyl (C=O) groups excluding carboxylic acids is 2. The minimum atomic E-state index is -0.609.